The number of amides is 2. The third-order valence-electron chi connectivity index (χ3n) is 5.55. The maximum absolute atomic E-state index is 13.6. The molecule has 0 saturated carbocycles. The maximum Gasteiger partial charge on any atom is 0.254 e. The Labute approximate surface area is 177 Å². The van der Waals surface area contributed by atoms with E-state index in [1.165, 1.54) is 0 Å². The van der Waals surface area contributed by atoms with Crippen molar-refractivity contribution in [3.8, 4) is 0 Å². The topological polar surface area (TPSA) is 52.7 Å². The van der Waals surface area contributed by atoms with Crippen LogP contribution in [-0.4, -0.2) is 53.8 Å². The summed E-state index contributed by atoms with van der Waals surface area (Å²) in [5, 5.41) is 3.56. The predicted molar refractivity (Wildman–Crippen MR) is 117 cm³/mol. The number of hydrogen-bond acceptors (Lipinski definition) is 3. The summed E-state index contributed by atoms with van der Waals surface area (Å²) in [6.45, 7) is 4.05. The van der Waals surface area contributed by atoms with Gasteiger partial charge in [-0.2, -0.15) is 0 Å². The first-order valence-corrected chi connectivity index (χ1v) is 10.5. The van der Waals surface area contributed by atoms with E-state index in [1.54, 1.807) is 29.2 Å². The van der Waals surface area contributed by atoms with Crippen LogP contribution in [0.5, 0.6) is 0 Å². The zero-order chi connectivity index (χ0) is 20.9. The summed E-state index contributed by atoms with van der Waals surface area (Å²) < 4.78 is 0. The van der Waals surface area contributed by atoms with Gasteiger partial charge in [-0.05, 0) is 56.6 Å². The summed E-state index contributed by atoms with van der Waals surface area (Å²) >= 11 is 6.12. The lowest BCUT2D eigenvalue weighted by atomic mass is 9.83. The van der Waals surface area contributed by atoms with Crippen LogP contribution in [0, 0.1) is 0 Å². The Hall–Kier alpha value is -2.37. The Balaban J connectivity index is 1.97. The van der Waals surface area contributed by atoms with Crippen molar-refractivity contribution >= 4 is 29.1 Å². The molecule has 1 heterocycles. The van der Waals surface area contributed by atoms with Crippen LogP contribution in [-0.2, 0) is 4.79 Å². The molecule has 2 aromatic carbocycles. The number of rotatable bonds is 6. The van der Waals surface area contributed by atoms with Gasteiger partial charge in [0.2, 0.25) is 5.91 Å². The molecule has 0 aliphatic carbocycles. The van der Waals surface area contributed by atoms with E-state index < -0.39 is 5.54 Å². The van der Waals surface area contributed by atoms with Gasteiger partial charge in [0.1, 0.15) is 5.54 Å². The van der Waals surface area contributed by atoms with E-state index in [9.17, 15) is 9.59 Å². The fourth-order valence-electron chi connectivity index (χ4n) is 3.89. The minimum absolute atomic E-state index is 0.124. The second-order valence-electron chi connectivity index (χ2n) is 7.62. The largest absolute Gasteiger partial charge is 0.324 e. The van der Waals surface area contributed by atoms with Crippen molar-refractivity contribution in [3.05, 3.63) is 65.2 Å². The molecule has 0 spiro atoms. The molecule has 5 nitrogen and oxygen atoms in total. The molecule has 6 heteroatoms. The van der Waals surface area contributed by atoms with E-state index in [2.05, 4.69) is 10.2 Å². The Morgan fingerprint density at radius 3 is 2.41 bits per heavy atom. The first-order chi connectivity index (χ1) is 14.0. The number of carbonyl (C=O) groups excluding carboxylic acids is 2. The van der Waals surface area contributed by atoms with E-state index >= 15 is 0 Å². The average molecular weight is 414 g/mol. The van der Waals surface area contributed by atoms with Gasteiger partial charge >= 0.3 is 0 Å². The molecule has 1 saturated heterocycles. The van der Waals surface area contributed by atoms with Crippen LogP contribution >= 0.6 is 11.6 Å². The molecule has 1 aliphatic heterocycles. The second kappa shape index (κ2) is 9.42. The predicted octanol–water partition coefficient (Wildman–Crippen LogP) is 4.30. The Bertz CT molecular complexity index is 848. The lowest BCUT2D eigenvalue weighted by Gasteiger charge is -2.47. The monoisotopic (exact) mass is 413 g/mol. The van der Waals surface area contributed by atoms with Crippen LogP contribution in [0.3, 0.4) is 0 Å². The van der Waals surface area contributed by atoms with Crippen molar-refractivity contribution in [3.63, 3.8) is 0 Å². The van der Waals surface area contributed by atoms with Gasteiger partial charge < -0.3 is 15.1 Å². The zero-order valence-corrected chi connectivity index (χ0v) is 17.8. The number of halogens is 1. The van der Waals surface area contributed by atoms with Crippen LogP contribution in [0.25, 0.3) is 0 Å². The maximum atomic E-state index is 13.6. The van der Waals surface area contributed by atoms with Crippen molar-refractivity contribution in [2.45, 2.75) is 31.7 Å². The van der Waals surface area contributed by atoms with Gasteiger partial charge in [-0.15, -0.1) is 0 Å². The number of likely N-dealkylation sites (tertiary alicyclic amines) is 1. The van der Waals surface area contributed by atoms with Crippen LogP contribution in [0.1, 0.15) is 36.5 Å². The molecule has 1 fully saturated rings. The van der Waals surface area contributed by atoms with E-state index in [0.29, 0.717) is 30.0 Å². The van der Waals surface area contributed by atoms with Gasteiger partial charge in [0.15, 0.2) is 0 Å². The van der Waals surface area contributed by atoms with Crippen molar-refractivity contribution < 1.29 is 9.59 Å². The number of nitrogens with zero attached hydrogens (tertiary/aromatic N) is 2. The summed E-state index contributed by atoms with van der Waals surface area (Å²) in [6.07, 6.45) is 1.95. The highest BCUT2D eigenvalue weighted by Gasteiger charge is 2.47. The SMILES string of the molecule is CCCN(C(=O)c1cccc(Cl)c1)C1(C(=O)Nc2ccccc2)CCN(C)CC1. The summed E-state index contributed by atoms with van der Waals surface area (Å²) in [4.78, 5) is 31.0. The van der Waals surface area contributed by atoms with E-state index in [0.717, 1.165) is 25.2 Å². The van der Waals surface area contributed by atoms with Crippen molar-refractivity contribution in [1.82, 2.24) is 9.80 Å². The summed E-state index contributed by atoms with van der Waals surface area (Å²) in [5.74, 6) is -0.275. The van der Waals surface area contributed by atoms with Crippen LogP contribution in [0.4, 0.5) is 5.69 Å². The van der Waals surface area contributed by atoms with Gasteiger partial charge in [0, 0.05) is 35.9 Å². The molecular formula is C23H28ClN3O2. The molecule has 0 unspecified atom stereocenters. The molecular weight excluding hydrogens is 386 g/mol. The third kappa shape index (κ3) is 4.80. The number of carbonyl (C=O) groups is 2. The molecule has 0 aromatic heterocycles. The molecule has 29 heavy (non-hydrogen) atoms. The van der Waals surface area contributed by atoms with Crippen LogP contribution in [0.2, 0.25) is 5.02 Å². The van der Waals surface area contributed by atoms with Gasteiger partial charge in [-0.3, -0.25) is 9.59 Å². The fourth-order valence-corrected chi connectivity index (χ4v) is 4.08. The Morgan fingerprint density at radius 2 is 1.79 bits per heavy atom. The van der Waals surface area contributed by atoms with E-state index in [4.69, 9.17) is 11.6 Å². The third-order valence-corrected chi connectivity index (χ3v) is 5.78. The molecule has 1 aliphatic rings. The molecule has 0 radical (unpaired) electrons. The molecule has 2 aromatic rings. The highest BCUT2D eigenvalue weighted by atomic mass is 35.5. The lowest BCUT2D eigenvalue weighted by Crippen LogP contribution is -2.63. The highest BCUT2D eigenvalue weighted by Crippen LogP contribution is 2.32. The number of anilines is 1. The number of nitrogens with one attached hydrogen (secondary N) is 1. The minimum Gasteiger partial charge on any atom is -0.324 e. The van der Waals surface area contributed by atoms with Crippen molar-refractivity contribution in [2.75, 3.05) is 32.0 Å². The molecule has 0 atom stereocenters. The Morgan fingerprint density at radius 1 is 1.10 bits per heavy atom. The standard InChI is InChI=1S/C23H28ClN3O2/c1-3-14-27(21(28)18-8-7-9-19(24)17-18)23(12-15-26(2)16-13-23)22(29)25-20-10-5-4-6-11-20/h4-11,17H,3,12-16H2,1-2H3,(H,25,29). The first-order valence-electron chi connectivity index (χ1n) is 10.1. The fraction of sp³-hybridized carbons (Fsp3) is 0.391. The van der Waals surface area contributed by atoms with Crippen LogP contribution < -0.4 is 5.32 Å². The molecule has 1 N–H and O–H groups in total. The normalized spacial score (nSPS) is 16.2. The number of piperidine rings is 1. The summed E-state index contributed by atoms with van der Waals surface area (Å²) in [6, 6.07) is 16.4. The summed E-state index contributed by atoms with van der Waals surface area (Å²) in [7, 11) is 2.04. The summed E-state index contributed by atoms with van der Waals surface area (Å²) in [5.41, 5.74) is 0.358. The first kappa shape index (κ1) is 21.3. The smallest absolute Gasteiger partial charge is 0.254 e. The van der Waals surface area contributed by atoms with E-state index in [-0.39, 0.29) is 11.8 Å². The van der Waals surface area contributed by atoms with E-state index in [1.807, 2.05) is 44.3 Å². The molecule has 154 valence electrons. The van der Waals surface area contributed by atoms with Crippen LogP contribution in [0.15, 0.2) is 54.6 Å². The number of hydrogen-bond donors (Lipinski definition) is 1. The van der Waals surface area contributed by atoms with Crippen molar-refractivity contribution in [2.24, 2.45) is 0 Å². The zero-order valence-electron chi connectivity index (χ0n) is 17.0. The number of para-hydroxylation sites is 1. The van der Waals surface area contributed by atoms with Gasteiger partial charge in [-0.25, -0.2) is 0 Å². The number of benzene rings is 2. The second-order valence-corrected chi connectivity index (χ2v) is 8.06. The average Bonchev–Trinajstić information content (AvgIpc) is 2.73. The highest BCUT2D eigenvalue weighted by molar-refractivity contribution is 6.31. The van der Waals surface area contributed by atoms with Gasteiger partial charge in [0.25, 0.3) is 5.91 Å². The minimum atomic E-state index is -0.891. The van der Waals surface area contributed by atoms with Crippen molar-refractivity contribution in [1.29, 1.82) is 0 Å². The Kier molecular flexibility index (Phi) is 6.93. The lowest BCUT2D eigenvalue weighted by molar-refractivity contribution is -0.129. The quantitative estimate of drug-likeness (QED) is 0.768. The van der Waals surface area contributed by atoms with Gasteiger partial charge in [0.05, 0.1) is 0 Å². The molecule has 0 bridgehead atoms. The molecule has 3 rings (SSSR count). The molecule has 2 amide bonds. The van der Waals surface area contributed by atoms with Gasteiger partial charge in [-0.1, -0.05) is 42.8 Å².